The Labute approximate surface area is 132 Å². The topological polar surface area (TPSA) is 93.2 Å². The summed E-state index contributed by atoms with van der Waals surface area (Å²) in [6.07, 6.45) is 0.464. The van der Waals surface area contributed by atoms with Crippen molar-refractivity contribution in [3.05, 3.63) is 35.9 Å². The maximum Gasteiger partial charge on any atom is 0.255 e. The van der Waals surface area contributed by atoms with Gasteiger partial charge in [-0.25, -0.2) is 0 Å². The molecule has 0 aliphatic carbocycles. The molecule has 0 aliphatic rings. The third-order valence-corrected chi connectivity index (χ3v) is 2.05. The molecule has 0 unspecified atom stereocenters. The van der Waals surface area contributed by atoms with Crippen LogP contribution in [0.3, 0.4) is 0 Å². The first-order chi connectivity index (χ1) is 7.59. The van der Waals surface area contributed by atoms with E-state index in [1.54, 1.807) is 0 Å². The number of hydrazine groups is 1. The second-order valence-corrected chi connectivity index (χ2v) is 3.71. The van der Waals surface area contributed by atoms with Gasteiger partial charge >= 0.3 is 0 Å². The minimum Gasteiger partial charge on any atom is -0.375 e. The van der Waals surface area contributed by atoms with E-state index in [0.717, 1.165) is 5.56 Å². The monoisotopic (exact) mass is 398 g/mol. The van der Waals surface area contributed by atoms with Crippen LogP contribution >= 0.6 is 46.2 Å². The number of amides is 1. The molecule has 1 rings (SSSR count). The van der Waals surface area contributed by atoms with Crippen LogP contribution in [0.4, 0.5) is 0 Å². The molecule has 1 aromatic rings. The van der Waals surface area contributed by atoms with Crippen LogP contribution in [0.25, 0.3) is 0 Å². The highest BCUT2D eigenvalue weighted by Crippen LogP contribution is 2.01. The van der Waals surface area contributed by atoms with E-state index in [1.807, 2.05) is 30.3 Å². The number of hydrogen-bond acceptors (Lipinski definition) is 3. The van der Waals surface area contributed by atoms with Crippen molar-refractivity contribution < 1.29 is 4.79 Å². The predicted octanol–water partition coefficient (Wildman–Crippen LogP) is 0.577. The molecule has 18 heavy (non-hydrogen) atoms. The largest absolute Gasteiger partial charge is 0.375 e. The summed E-state index contributed by atoms with van der Waals surface area (Å²) in [7, 11) is 0. The summed E-state index contributed by atoms with van der Waals surface area (Å²) in [5.41, 5.74) is 16.5. The average molecular weight is 400 g/mol. The van der Waals surface area contributed by atoms with E-state index in [0.29, 0.717) is 6.42 Å². The normalized spacial score (nSPS) is 10.3. The van der Waals surface area contributed by atoms with Gasteiger partial charge < -0.3 is 11.5 Å². The maximum atomic E-state index is 11.4. The first-order valence-corrected chi connectivity index (χ1v) is 5.15. The van der Waals surface area contributed by atoms with Crippen LogP contribution in [0.2, 0.25) is 0 Å². The fourth-order valence-corrected chi connectivity index (χ4v) is 1.23. The van der Waals surface area contributed by atoms with Crippen LogP contribution < -0.4 is 22.3 Å². The molecule has 0 saturated carbocycles. The van der Waals surface area contributed by atoms with Crippen molar-refractivity contribution in [1.29, 1.82) is 0 Å². The lowest BCUT2D eigenvalue weighted by molar-refractivity contribution is -0.122. The number of carbonyl (C=O) groups excluding carboxylic acids is 1. The number of thiocarbonyl (C=S) groups is 1. The molecule has 0 aliphatic heterocycles. The third kappa shape index (κ3) is 7.59. The fourth-order valence-electron chi connectivity index (χ4n) is 1.18. The maximum absolute atomic E-state index is 11.4. The quantitative estimate of drug-likeness (QED) is 0.440. The van der Waals surface area contributed by atoms with Crippen LogP contribution in [0, 0.1) is 0 Å². The Bertz CT molecular complexity index is 377. The number of benzene rings is 1. The molecule has 8 heteroatoms. The molecule has 6 N–H and O–H groups in total. The van der Waals surface area contributed by atoms with Gasteiger partial charge in [0.05, 0.1) is 6.04 Å². The van der Waals surface area contributed by atoms with E-state index in [4.69, 9.17) is 11.5 Å². The van der Waals surface area contributed by atoms with Gasteiger partial charge in [0.25, 0.3) is 5.91 Å². The second-order valence-electron chi connectivity index (χ2n) is 3.27. The van der Waals surface area contributed by atoms with Crippen molar-refractivity contribution in [2.45, 2.75) is 12.5 Å². The molecular formula is C10H16Br2N4OS. The van der Waals surface area contributed by atoms with Gasteiger partial charge in [-0.15, -0.1) is 34.0 Å². The van der Waals surface area contributed by atoms with Crippen molar-refractivity contribution in [1.82, 2.24) is 10.9 Å². The molecule has 0 spiro atoms. The van der Waals surface area contributed by atoms with Crippen LogP contribution in [0.1, 0.15) is 5.56 Å². The zero-order valence-electron chi connectivity index (χ0n) is 9.46. The van der Waals surface area contributed by atoms with Gasteiger partial charge in [0.15, 0.2) is 5.11 Å². The van der Waals surface area contributed by atoms with E-state index in [9.17, 15) is 4.79 Å². The summed E-state index contributed by atoms with van der Waals surface area (Å²) in [5.74, 6) is -0.350. The number of nitrogens with two attached hydrogens (primary N) is 2. The Kier molecular flexibility index (Phi) is 11.2. The number of halogens is 2. The zero-order chi connectivity index (χ0) is 12.0. The first kappa shape index (κ1) is 19.6. The Morgan fingerprint density at radius 2 is 1.78 bits per heavy atom. The second kappa shape index (κ2) is 10.2. The number of nitrogens with one attached hydrogen (secondary N) is 2. The van der Waals surface area contributed by atoms with Crippen molar-refractivity contribution in [3.8, 4) is 0 Å². The molecule has 1 atom stereocenters. The van der Waals surface area contributed by atoms with Gasteiger partial charge in [0.2, 0.25) is 0 Å². The lowest BCUT2D eigenvalue weighted by Crippen LogP contribution is -2.51. The molecule has 0 radical (unpaired) electrons. The molecule has 1 aromatic carbocycles. The Hall–Kier alpha value is -0.700. The van der Waals surface area contributed by atoms with Crippen LogP contribution in [-0.4, -0.2) is 17.1 Å². The lowest BCUT2D eigenvalue weighted by atomic mass is 10.1. The molecule has 1 amide bonds. The summed E-state index contributed by atoms with van der Waals surface area (Å²) >= 11 is 4.54. The van der Waals surface area contributed by atoms with Crippen molar-refractivity contribution in [3.63, 3.8) is 0 Å². The molecular weight excluding hydrogens is 384 g/mol. The minimum absolute atomic E-state index is 0. The van der Waals surface area contributed by atoms with Crippen molar-refractivity contribution >= 4 is 57.2 Å². The summed E-state index contributed by atoms with van der Waals surface area (Å²) in [6.45, 7) is 0. The van der Waals surface area contributed by atoms with E-state index >= 15 is 0 Å². The fraction of sp³-hybridized carbons (Fsp3) is 0.200. The van der Waals surface area contributed by atoms with Crippen molar-refractivity contribution in [2.24, 2.45) is 11.5 Å². The SMILES string of the molecule is Br.Br.NC(=S)NNC(=O)[C@@H](N)Cc1ccccc1. The Morgan fingerprint density at radius 1 is 1.22 bits per heavy atom. The number of carbonyl (C=O) groups is 1. The first-order valence-electron chi connectivity index (χ1n) is 4.74. The molecule has 0 fully saturated rings. The Morgan fingerprint density at radius 3 is 2.28 bits per heavy atom. The highest BCUT2D eigenvalue weighted by molar-refractivity contribution is 8.93. The van der Waals surface area contributed by atoms with Gasteiger partial charge in [-0.2, -0.15) is 0 Å². The molecule has 0 bridgehead atoms. The highest BCUT2D eigenvalue weighted by atomic mass is 79.9. The standard InChI is InChI=1S/C10H14N4OS.2BrH/c11-8(9(15)13-14-10(12)16)6-7-4-2-1-3-5-7;;/h1-5,8H,6,11H2,(H,13,15)(H3,12,14,16);2*1H/t8-;;/m0../s1. The van der Waals surface area contributed by atoms with E-state index in [1.165, 1.54) is 0 Å². The van der Waals surface area contributed by atoms with E-state index in [-0.39, 0.29) is 45.0 Å². The average Bonchev–Trinajstić information content (AvgIpc) is 2.27. The van der Waals surface area contributed by atoms with Gasteiger partial charge in [0.1, 0.15) is 0 Å². The minimum atomic E-state index is -0.635. The van der Waals surface area contributed by atoms with Gasteiger partial charge in [-0.3, -0.25) is 15.6 Å². The third-order valence-electron chi connectivity index (χ3n) is 1.94. The number of hydrogen-bond donors (Lipinski definition) is 4. The predicted molar refractivity (Wildman–Crippen MR) is 86.8 cm³/mol. The summed E-state index contributed by atoms with van der Waals surface area (Å²) in [6, 6.07) is 8.89. The molecule has 0 heterocycles. The van der Waals surface area contributed by atoms with E-state index in [2.05, 4.69) is 23.1 Å². The smallest absolute Gasteiger partial charge is 0.255 e. The Balaban J connectivity index is 0. The zero-order valence-corrected chi connectivity index (χ0v) is 13.7. The van der Waals surface area contributed by atoms with Crippen LogP contribution in [-0.2, 0) is 11.2 Å². The lowest BCUT2D eigenvalue weighted by Gasteiger charge is -2.12. The molecule has 5 nitrogen and oxygen atoms in total. The van der Waals surface area contributed by atoms with Gasteiger partial charge in [0, 0.05) is 0 Å². The van der Waals surface area contributed by atoms with E-state index < -0.39 is 6.04 Å². The van der Waals surface area contributed by atoms with Crippen LogP contribution in [0.15, 0.2) is 30.3 Å². The van der Waals surface area contributed by atoms with Crippen LogP contribution in [0.5, 0.6) is 0 Å². The molecule has 102 valence electrons. The van der Waals surface area contributed by atoms with Gasteiger partial charge in [-0.1, -0.05) is 30.3 Å². The summed E-state index contributed by atoms with van der Waals surface area (Å²) < 4.78 is 0. The highest BCUT2D eigenvalue weighted by Gasteiger charge is 2.13. The molecule has 0 saturated heterocycles. The van der Waals surface area contributed by atoms with Crippen molar-refractivity contribution in [2.75, 3.05) is 0 Å². The number of rotatable bonds is 3. The summed E-state index contributed by atoms with van der Waals surface area (Å²) in [4.78, 5) is 11.4. The molecule has 0 aromatic heterocycles. The van der Waals surface area contributed by atoms with Gasteiger partial charge in [-0.05, 0) is 24.2 Å². The summed E-state index contributed by atoms with van der Waals surface area (Å²) in [5, 5.41) is 0.000242.